The number of rotatable bonds is 13. The first-order chi connectivity index (χ1) is 16.8. The molecule has 0 aliphatic carbocycles. The molecule has 1 amide bonds. The maximum Gasteiger partial charge on any atom is 0.416 e. The van der Waals surface area contributed by atoms with Gasteiger partial charge in [0.2, 0.25) is 0 Å². The number of benzene rings is 2. The molecule has 0 unspecified atom stereocenters. The van der Waals surface area contributed by atoms with Crippen molar-refractivity contribution in [1.29, 1.82) is 0 Å². The Morgan fingerprint density at radius 2 is 1.51 bits per heavy atom. The van der Waals surface area contributed by atoms with Crippen molar-refractivity contribution in [3.63, 3.8) is 0 Å². The summed E-state index contributed by atoms with van der Waals surface area (Å²) in [5, 5.41) is 0. The number of halogens is 3. The van der Waals surface area contributed by atoms with Gasteiger partial charge in [-0.2, -0.15) is 13.2 Å². The Morgan fingerprint density at radius 1 is 0.857 bits per heavy atom. The minimum absolute atomic E-state index is 0.0117. The standard InChI is InChI=1S/C27H34F3NO4/c1-3-5-6-7-8-11-18-35-23-16-14-21(15-17-23)19-31(25(32)26(33)34-4-2)20-22-12-9-10-13-24(22)27(28,29)30/h9-10,12-17H,3-8,11,18-20H2,1-2H3. The summed E-state index contributed by atoms with van der Waals surface area (Å²) in [6.45, 7) is 3.89. The highest BCUT2D eigenvalue weighted by Crippen LogP contribution is 2.32. The van der Waals surface area contributed by atoms with E-state index in [0.717, 1.165) is 23.8 Å². The van der Waals surface area contributed by atoms with Gasteiger partial charge in [-0.3, -0.25) is 4.79 Å². The number of hydrogen-bond acceptors (Lipinski definition) is 4. The first kappa shape index (κ1) is 28.2. The fourth-order valence-electron chi connectivity index (χ4n) is 3.65. The Kier molecular flexibility index (Phi) is 11.6. The van der Waals surface area contributed by atoms with Gasteiger partial charge in [0.25, 0.3) is 0 Å². The highest BCUT2D eigenvalue weighted by Gasteiger charge is 2.34. The lowest BCUT2D eigenvalue weighted by molar-refractivity contribution is -0.160. The summed E-state index contributed by atoms with van der Waals surface area (Å²) >= 11 is 0. The van der Waals surface area contributed by atoms with Crippen LogP contribution in [-0.2, 0) is 33.6 Å². The molecule has 0 N–H and O–H groups in total. The Morgan fingerprint density at radius 3 is 2.17 bits per heavy atom. The van der Waals surface area contributed by atoms with Gasteiger partial charge < -0.3 is 14.4 Å². The molecule has 192 valence electrons. The maximum atomic E-state index is 13.4. The van der Waals surface area contributed by atoms with Gasteiger partial charge in [0.15, 0.2) is 0 Å². The van der Waals surface area contributed by atoms with Gasteiger partial charge in [-0.05, 0) is 42.7 Å². The summed E-state index contributed by atoms with van der Waals surface area (Å²) in [5.41, 5.74) is -0.296. The molecule has 0 bridgehead atoms. The molecule has 5 nitrogen and oxygen atoms in total. The summed E-state index contributed by atoms with van der Waals surface area (Å²) in [5.74, 6) is -1.42. The minimum Gasteiger partial charge on any atom is -0.494 e. The number of carbonyl (C=O) groups excluding carboxylic acids is 2. The van der Waals surface area contributed by atoms with Gasteiger partial charge in [-0.15, -0.1) is 0 Å². The van der Waals surface area contributed by atoms with Crippen LogP contribution in [0.3, 0.4) is 0 Å². The molecule has 0 aromatic heterocycles. The van der Waals surface area contributed by atoms with E-state index in [9.17, 15) is 22.8 Å². The number of amides is 1. The van der Waals surface area contributed by atoms with Crippen molar-refractivity contribution in [3.8, 4) is 5.75 Å². The topological polar surface area (TPSA) is 55.8 Å². The highest BCUT2D eigenvalue weighted by molar-refractivity contribution is 6.32. The van der Waals surface area contributed by atoms with Crippen molar-refractivity contribution in [1.82, 2.24) is 4.90 Å². The van der Waals surface area contributed by atoms with E-state index in [4.69, 9.17) is 9.47 Å². The molecule has 2 aromatic rings. The van der Waals surface area contributed by atoms with Crippen LogP contribution in [0.15, 0.2) is 48.5 Å². The number of unbranched alkanes of at least 4 members (excludes halogenated alkanes) is 5. The van der Waals surface area contributed by atoms with Crippen molar-refractivity contribution in [2.75, 3.05) is 13.2 Å². The van der Waals surface area contributed by atoms with Crippen LogP contribution >= 0.6 is 0 Å². The van der Waals surface area contributed by atoms with Gasteiger partial charge in [-0.25, -0.2) is 4.79 Å². The van der Waals surface area contributed by atoms with Gasteiger partial charge >= 0.3 is 18.1 Å². The molecule has 0 heterocycles. The number of nitrogens with zero attached hydrogens (tertiary/aromatic N) is 1. The van der Waals surface area contributed by atoms with Crippen LogP contribution in [-0.4, -0.2) is 30.0 Å². The quantitative estimate of drug-likeness (QED) is 0.181. The third-order valence-corrected chi connectivity index (χ3v) is 5.48. The maximum absolute atomic E-state index is 13.4. The van der Waals surface area contributed by atoms with Gasteiger partial charge in [0, 0.05) is 13.1 Å². The van der Waals surface area contributed by atoms with Crippen LogP contribution in [0.2, 0.25) is 0 Å². The van der Waals surface area contributed by atoms with E-state index >= 15 is 0 Å². The first-order valence-corrected chi connectivity index (χ1v) is 12.1. The van der Waals surface area contributed by atoms with E-state index in [0.29, 0.717) is 17.9 Å². The van der Waals surface area contributed by atoms with Gasteiger partial charge in [-0.1, -0.05) is 69.4 Å². The molecular weight excluding hydrogens is 459 g/mol. The largest absolute Gasteiger partial charge is 0.494 e. The number of hydrogen-bond donors (Lipinski definition) is 0. The van der Waals surface area contributed by atoms with Crippen molar-refractivity contribution in [2.45, 2.75) is 71.6 Å². The average Bonchev–Trinajstić information content (AvgIpc) is 2.83. The summed E-state index contributed by atoms with van der Waals surface area (Å²) in [4.78, 5) is 25.8. The van der Waals surface area contributed by atoms with Gasteiger partial charge in [0.1, 0.15) is 5.75 Å². The number of ether oxygens (including phenoxy) is 2. The molecule has 8 heteroatoms. The molecule has 35 heavy (non-hydrogen) atoms. The molecule has 0 aliphatic rings. The Hall–Kier alpha value is -3.03. The lowest BCUT2D eigenvalue weighted by atomic mass is 10.1. The third-order valence-electron chi connectivity index (χ3n) is 5.48. The number of alkyl halides is 3. The first-order valence-electron chi connectivity index (χ1n) is 12.1. The SMILES string of the molecule is CCCCCCCCOc1ccc(CN(Cc2ccccc2C(F)(F)F)C(=O)C(=O)OCC)cc1. The fourth-order valence-corrected chi connectivity index (χ4v) is 3.65. The lowest BCUT2D eigenvalue weighted by Crippen LogP contribution is -2.37. The van der Waals surface area contributed by atoms with E-state index < -0.39 is 23.6 Å². The zero-order chi connectivity index (χ0) is 25.7. The molecule has 0 saturated carbocycles. The van der Waals surface area contributed by atoms with E-state index in [-0.39, 0.29) is 25.3 Å². The summed E-state index contributed by atoms with van der Waals surface area (Å²) < 4.78 is 50.9. The van der Waals surface area contributed by atoms with Crippen LogP contribution < -0.4 is 4.74 Å². The normalized spacial score (nSPS) is 11.2. The van der Waals surface area contributed by atoms with E-state index in [2.05, 4.69) is 6.92 Å². The lowest BCUT2D eigenvalue weighted by Gasteiger charge is -2.24. The van der Waals surface area contributed by atoms with Crippen LogP contribution in [0.5, 0.6) is 5.75 Å². The highest BCUT2D eigenvalue weighted by atomic mass is 19.4. The second kappa shape index (κ2) is 14.4. The molecule has 0 aliphatic heterocycles. The van der Waals surface area contributed by atoms with Crippen LogP contribution in [0.4, 0.5) is 13.2 Å². The average molecular weight is 494 g/mol. The molecule has 0 fully saturated rings. The fraction of sp³-hybridized carbons (Fsp3) is 0.481. The monoisotopic (exact) mass is 493 g/mol. The molecule has 0 spiro atoms. The molecule has 0 saturated heterocycles. The molecule has 0 radical (unpaired) electrons. The van der Waals surface area contributed by atoms with Crippen LogP contribution in [0.25, 0.3) is 0 Å². The van der Waals surface area contributed by atoms with Crippen molar-refractivity contribution < 1.29 is 32.2 Å². The zero-order valence-electron chi connectivity index (χ0n) is 20.4. The predicted octanol–water partition coefficient (Wildman–Crippen LogP) is 6.54. The van der Waals surface area contributed by atoms with Crippen molar-refractivity contribution in [2.24, 2.45) is 0 Å². The molecular formula is C27H34F3NO4. The minimum atomic E-state index is -4.58. The third kappa shape index (κ3) is 9.62. The summed E-state index contributed by atoms with van der Waals surface area (Å²) in [6.07, 6.45) is 2.39. The predicted molar refractivity (Wildman–Crippen MR) is 128 cm³/mol. The van der Waals surface area contributed by atoms with Crippen LogP contribution in [0.1, 0.15) is 69.1 Å². The smallest absolute Gasteiger partial charge is 0.416 e. The Bertz CT molecular complexity index is 929. The molecule has 0 atom stereocenters. The second-order valence-corrected chi connectivity index (χ2v) is 8.30. The molecule has 2 rings (SSSR count). The number of carbonyl (C=O) groups is 2. The second-order valence-electron chi connectivity index (χ2n) is 8.30. The Labute approximate surface area is 205 Å². The van der Waals surface area contributed by atoms with Crippen molar-refractivity contribution >= 4 is 11.9 Å². The van der Waals surface area contributed by atoms with E-state index in [1.54, 1.807) is 31.2 Å². The zero-order valence-corrected chi connectivity index (χ0v) is 20.4. The number of esters is 1. The van der Waals surface area contributed by atoms with Crippen LogP contribution in [0, 0.1) is 0 Å². The summed E-state index contributed by atoms with van der Waals surface area (Å²) in [7, 11) is 0. The Balaban J connectivity index is 2.06. The summed E-state index contributed by atoms with van der Waals surface area (Å²) in [6, 6.07) is 12.0. The van der Waals surface area contributed by atoms with E-state index in [1.807, 2.05) is 0 Å². The van der Waals surface area contributed by atoms with Gasteiger partial charge in [0.05, 0.1) is 18.8 Å². The van der Waals surface area contributed by atoms with E-state index in [1.165, 1.54) is 43.9 Å². The van der Waals surface area contributed by atoms with Crippen molar-refractivity contribution in [3.05, 3.63) is 65.2 Å². The molecule has 2 aromatic carbocycles.